The van der Waals surface area contributed by atoms with Crippen LogP contribution in [0.25, 0.3) is 0 Å². The molecule has 0 saturated carbocycles. The van der Waals surface area contributed by atoms with E-state index in [1.54, 1.807) is 0 Å². The van der Waals surface area contributed by atoms with Crippen LogP contribution in [0.4, 0.5) is 5.69 Å². The molecule has 0 spiro atoms. The predicted molar refractivity (Wildman–Crippen MR) is 113 cm³/mol. The van der Waals surface area contributed by atoms with Crippen LogP contribution in [-0.2, 0) is 4.79 Å². The molecule has 7 heteroatoms. The number of carbonyl (C=O) groups is 1. The topological polar surface area (TPSA) is 47.6 Å². The number of rotatable bonds is 3. The fraction of sp³-hybridized carbons (Fsp3) is 0.579. The SMILES string of the molecule is Cc1c(Cl)cccc1NC(=S)N1CCCN(CC(=O)NC(C)(C)C)CC1. The Morgan fingerprint density at radius 1 is 1.23 bits per heavy atom. The van der Waals surface area contributed by atoms with E-state index in [-0.39, 0.29) is 11.4 Å². The molecule has 1 aromatic rings. The lowest BCUT2D eigenvalue weighted by Gasteiger charge is -2.26. The molecule has 0 aromatic heterocycles. The van der Waals surface area contributed by atoms with Gasteiger partial charge in [0.1, 0.15) is 0 Å². The Bertz CT molecular complexity index is 659. The Labute approximate surface area is 167 Å². The quantitative estimate of drug-likeness (QED) is 0.768. The Balaban J connectivity index is 1.88. The molecule has 1 saturated heterocycles. The van der Waals surface area contributed by atoms with Crippen molar-refractivity contribution in [2.24, 2.45) is 0 Å². The van der Waals surface area contributed by atoms with Gasteiger partial charge in [0.2, 0.25) is 5.91 Å². The molecule has 1 heterocycles. The minimum absolute atomic E-state index is 0.0706. The van der Waals surface area contributed by atoms with Crippen molar-refractivity contribution in [3.8, 4) is 0 Å². The summed E-state index contributed by atoms with van der Waals surface area (Å²) in [5.41, 5.74) is 1.73. The summed E-state index contributed by atoms with van der Waals surface area (Å²) in [5.74, 6) is 0.0706. The van der Waals surface area contributed by atoms with Crippen molar-refractivity contribution >= 4 is 40.5 Å². The summed E-state index contributed by atoms with van der Waals surface area (Å²) >= 11 is 11.8. The zero-order valence-electron chi connectivity index (χ0n) is 16.1. The number of carbonyl (C=O) groups excluding carboxylic acids is 1. The van der Waals surface area contributed by atoms with Gasteiger partial charge in [-0.1, -0.05) is 17.7 Å². The minimum Gasteiger partial charge on any atom is -0.350 e. The van der Waals surface area contributed by atoms with Gasteiger partial charge in [-0.25, -0.2) is 0 Å². The maximum Gasteiger partial charge on any atom is 0.234 e. The number of benzene rings is 1. The van der Waals surface area contributed by atoms with Crippen molar-refractivity contribution in [3.05, 3.63) is 28.8 Å². The average Bonchev–Trinajstić information content (AvgIpc) is 2.75. The fourth-order valence-corrected chi connectivity index (χ4v) is 3.40. The number of anilines is 1. The highest BCUT2D eigenvalue weighted by molar-refractivity contribution is 7.80. The van der Waals surface area contributed by atoms with E-state index in [9.17, 15) is 4.79 Å². The van der Waals surface area contributed by atoms with Crippen molar-refractivity contribution in [3.63, 3.8) is 0 Å². The first-order valence-corrected chi connectivity index (χ1v) is 9.79. The molecule has 5 nitrogen and oxygen atoms in total. The number of amides is 1. The van der Waals surface area contributed by atoms with E-state index in [4.69, 9.17) is 23.8 Å². The molecular weight excluding hydrogens is 368 g/mol. The molecule has 1 aliphatic rings. The highest BCUT2D eigenvalue weighted by atomic mass is 35.5. The smallest absolute Gasteiger partial charge is 0.234 e. The fourth-order valence-electron chi connectivity index (χ4n) is 2.93. The molecule has 1 amide bonds. The van der Waals surface area contributed by atoms with Crippen LogP contribution < -0.4 is 10.6 Å². The molecule has 0 unspecified atom stereocenters. The summed E-state index contributed by atoms with van der Waals surface area (Å²) in [6, 6.07) is 5.77. The molecule has 26 heavy (non-hydrogen) atoms. The van der Waals surface area contributed by atoms with Gasteiger partial charge in [0.15, 0.2) is 5.11 Å². The van der Waals surface area contributed by atoms with Crippen LogP contribution in [0.15, 0.2) is 18.2 Å². The highest BCUT2D eigenvalue weighted by Crippen LogP contribution is 2.23. The van der Waals surface area contributed by atoms with Crippen molar-refractivity contribution in [2.45, 2.75) is 39.7 Å². The van der Waals surface area contributed by atoms with E-state index in [2.05, 4.69) is 20.4 Å². The molecular formula is C19H29ClN4OS. The predicted octanol–water partition coefficient (Wildman–Crippen LogP) is 3.27. The third-order valence-electron chi connectivity index (χ3n) is 4.27. The van der Waals surface area contributed by atoms with Crippen LogP contribution in [0.3, 0.4) is 0 Å². The van der Waals surface area contributed by atoms with Crippen LogP contribution >= 0.6 is 23.8 Å². The zero-order chi connectivity index (χ0) is 19.3. The first-order valence-electron chi connectivity index (χ1n) is 9.00. The van der Waals surface area contributed by atoms with Crippen molar-refractivity contribution < 1.29 is 4.79 Å². The van der Waals surface area contributed by atoms with Crippen LogP contribution in [0.2, 0.25) is 5.02 Å². The lowest BCUT2D eigenvalue weighted by atomic mass is 10.1. The number of hydrogen-bond donors (Lipinski definition) is 2. The Hall–Kier alpha value is -1.37. The normalized spacial score (nSPS) is 16.1. The van der Waals surface area contributed by atoms with Gasteiger partial charge in [0.05, 0.1) is 6.54 Å². The zero-order valence-corrected chi connectivity index (χ0v) is 17.6. The van der Waals surface area contributed by atoms with Crippen molar-refractivity contribution in [2.75, 3.05) is 38.0 Å². The van der Waals surface area contributed by atoms with E-state index >= 15 is 0 Å². The van der Waals surface area contributed by atoms with E-state index in [1.165, 1.54) is 0 Å². The van der Waals surface area contributed by atoms with Gasteiger partial charge in [-0.05, 0) is 64.0 Å². The standard InChI is InChI=1S/C19H29ClN4OS/c1-14-15(20)7-5-8-16(14)21-18(26)24-10-6-9-23(11-12-24)13-17(25)22-19(2,3)4/h5,7-8H,6,9-13H2,1-4H3,(H,21,26)(H,22,25). The lowest BCUT2D eigenvalue weighted by Crippen LogP contribution is -2.46. The third kappa shape index (κ3) is 6.41. The second-order valence-corrected chi connectivity index (χ2v) is 8.55. The molecule has 1 aliphatic heterocycles. The average molecular weight is 397 g/mol. The molecule has 144 valence electrons. The van der Waals surface area contributed by atoms with Gasteiger partial charge >= 0.3 is 0 Å². The molecule has 2 N–H and O–H groups in total. The third-order valence-corrected chi connectivity index (χ3v) is 5.04. The maximum atomic E-state index is 12.1. The monoisotopic (exact) mass is 396 g/mol. The molecule has 0 radical (unpaired) electrons. The number of nitrogens with one attached hydrogen (secondary N) is 2. The molecule has 1 fully saturated rings. The molecule has 1 aromatic carbocycles. The molecule has 2 rings (SSSR count). The Kier molecular flexibility index (Phi) is 7.26. The summed E-state index contributed by atoms with van der Waals surface area (Å²) in [4.78, 5) is 16.5. The van der Waals surface area contributed by atoms with E-state index in [0.717, 1.165) is 48.9 Å². The summed E-state index contributed by atoms with van der Waals surface area (Å²) in [5, 5.41) is 7.76. The molecule has 0 atom stereocenters. The molecule has 0 bridgehead atoms. The van der Waals surface area contributed by atoms with Gasteiger partial charge in [-0.3, -0.25) is 9.69 Å². The number of nitrogens with zero attached hydrogens (tertiary/aromatic N) is 2. The van der Waals surface area contributed by atoms with Crippen LogP contribution in [-0.4, -0.2) is 59.1 Å². The van der Waals surface area contributed by atoms with Crippen LogP contribution in [0, 0.1) is 6.92 Å². The first kappa shape index (κ1) is 20.9. The second-order valence-electron chi connectivity index (χ2n) is 7.76. The van der Waals surface area contributed by atoms with Gasteiger partial charge in [0, 0.05) is 42.4 Å². The molecule has 0 aliphatic carbocycles. The lowest BCUT2D eigenvalue weighted by molar-refractivity contribution is -0.123. The van der Waals surface area contributed by atoms with E-state index < -0.39 is 0 Å². The number of hydrogen-bond acceptors (Lipinski definition) is 3. The second kappa shape index (κ2) is 9.02. The maximum absolute atomic E-state index is 12.1. The van der Waals surface area contributed by atoms with Crippen molar-refractivity contribution in [1.29, 1.82) is 0 Å². The summed E-state index contributed by atoms with van der Waals surface area (Å²) in [7, 11) is 0. The van der Waals surface area contributed by atoms with E-state index in [1.807, 2.05) is 45.9 Å². The van der Waals surface area contributed by atoms with Gasteiger partial charge < -0.3 is 15.5 Å². The summed E-state index contributed by atoms with van der Waals surface area (Å²) in [6.07, 6.45) is 0.971. The van der Waals surface area contributed by atoms with Crippen LogP contribution in [0.5, 0.6) is 0 Å². The minimum atomic E-state index is -0.199. The number of halogens is 1. The first-order chi connectivity index (χ1) is 12.2. The van der Waals surface area contributed by atoms with Gasteiger partial charge in [-0.15, -0.1) is 0 Å². The largest absolute Gasteiger partial charge is 0.350 e. The Morgan fingerprint density at radius 2 is 1.96 bits per heavy atom. The van der Waals surface area contributed by atoms with Gasteiger partial charge in [-0.2, -0.15) is 0 Å². The summed E-state index contributed by atoms with van der Waals surface area (Å²) in [6.45, 7) is 11.8. The van der Waals surface area contributed by atoms with Crippen LogP contribution in [0.1, 0.15) is 32.8 Å². The summed E-state index contributed by atoms with van der Waals surface area (Å²) < 4.78 is 0. The highest BCUT2D eigenvalue weighted by Gasteiger charge is 2.21. The Morgan fingerprint density at radius 3 is 2.65 bits per heavy atom. The van der Waals surface area contributed by atoms with Crippen molar-refractivity contribution in [1.82, 2.24) is 15.1 Å². The number of thiocarbonyl (C=S) groups is 1. The van der Waals surface area contributed by atoms with E-state index in [0.29, 0.717) is 11.7 Å². The van der Waals surface area contributed by atoms with Gasteiger partial charge in [0.25, 0.3) is 0 Å².